The predicted octanol–water partition coefficient (Wildman–Crippen LogP) is 8.40. The minimum absolute atomic E-state index is 0.0559. The largest absolute Gasteiger partial charge is 0.497 e. The number of β-lactam (4-membered cyclic amide) rings is 1. The second kappa shape index (κ2) is 19.8. The second-order valence-electron chi connectivity index (χ2n) is 15.8. The molecule has 10 rings (SSSR count). The topological polar surface area (TPSA) is 167 Å². The number of esters is 1. The summed E-state index contributed by atoms with van der Waals surface area (Å²) in [5.74, 6) is 0.500. The number of carbonyl (C=O) groups excluding carboxylic acids is 3. The number of methoxy groups -OCH3 is 1. The summed E-state index contributed by atoms with van der Waals surface area (Å²) < 4.78 is 23.6. The van der Waals surface area contributed by atoms with Crippen molar-refractivity contribution in [2.24, 2.45) is 5.16 Å². The van der Waals surface area contributed by atoms with E-state index in [2.05, 4.69) is 52.2 Å². The molecule has 18 heteroatoms. The van der Waals surface area contributed by atoms with Crippen LogP contribution in [-0.4, -0.2) is 77.3 Å². The van der Waals surface area contributed by atoms with Crippen molar-refractivity contribution in [3.63, 3.8) is 0 Å². The molecule has 348 valence electrons. The molecule has 1 saturated heterocycles. The Labute approximate surface area is 412 Å². The summed E-state index contributed by atoms with van der Waals surface area (Å²) in [7, 11) is 2.90. The maximum Gasteiger partial charge on any atom is 0.355 e. The van der Waals surface area contributed by atoms with E-state index in [0.717, 1.165) is 27.0 Å². The monoisotopic (exact) mass is 995 g/mol. The van der Waals surface area contributed by atoms with E-state index in [9.17, 15) is 19.2 Å². The zero-order valence-corrected chi connectivity index (χ0v) is 40.2. The van der Waals surface area contributed by atoms with Crippen molar-refractivity contribution < 1.29 is 38.2 Å². The van der Waals surface area contributed by atoms with Crippen LogP contribution in [0, 0.1) is 0 Å². The van der Waals surface area contributed by atoms with Gasteiger partial charge < -0.3 is 34.4 Å². The zero-order valence-electron chi connectivity index (χ0n) is 36.9. The molecular weight excluding hydrogens is 955 g/mol. The van der Waals surface area contributed by atoms with E-state index < -0.39 is 34.7 Å². The third-order valence-electron chi connectivity index (χ3n) is 11.7. The fraction of sp³-hybridized carbons (Fsp3) is 0.176. The normalized spacial score (nSPS) is 16.4. The van der Waals surface area contributed by atoms with E-state index in [1.807, 2.05) is 54.6 Å². The van der Waals surface area contributed by atoms with Crippen LogP contribution in [0.1, 0.15) is 27.9 Å². The summed E-state index contributed by atoms with van der Waals surface area (Å²) in [6.07, 6.45) is 0. The van der Waals surface area contributed by atoms with Crippen molar-refractivity contribution in [3.05, 3.63) is 188 Å². The van der Waals surface area contributed by atoms with Gasteiger partial charge in [-0.2, -0.15) is 0 Å². The Hall–Kier alpha value is -7.12. The highest BCUT2D eigenvalue weighted by Crippen LogP contribution is 2.44. The van der Waals surface area contributed by atoms with Gasteiger partial charge in [0, 0.05) is 39.1 Å². The van der Waals surface area contributed by atoms with Crippen LogP contribution in [-0.2, 0) is 36.1 Å². The minimum Gasteiger partial charge on any atom is -0.497 e. The average Bonchev–Trinajstić information content (AvgIpc) is 4.07. The summed E-state index contributed by atoms with van der Waals surface area (Å²) in [4.78, 5) is 67.3. The molecule has 0 bridgehead atoms. The molecule has 2 atom stereocenters. The lowest BCUT2D eigenvalue weighted by Gasteiger charge is -2.49. The number of oxime groups is 1. The molecule has 3 aliphatic heterocycles. The number of amides is 2. The molecule has 2 N–H and O–H groups in total. The van der Waals surface area contributed by atoms with E-state index in [1.165, 1.54) is 58.2 Å². The predicted molar refractivity (Wildman–Crippen MR) is 268 cm³/mol. The third kappa shape index (κ3) is 9.03. The maximum atomic E-state index is 14.3. The minimum atomic E-state index is -1.01. The molecule has 0 radical (unpaired) electrons. The summed E-state index contributed by atoms with van der Waals surface area (Å²) in [6.45, 7) is 0.0309. The van der Waals surface area contributed by atoms with Crippen molar-refractivity contribution in [1.82, 2.24) is 15.2 Å². The highest BCUT2D eigenvalue weighted by molar-refractivity contribution is 8.02. The summed E-state index contributed by atoms with van der Waals surface area (Å²) in [6, 6.07) is 41.4. The summed E-state index contributed by atoms with van der Waals surface area (Å²) in [5.41, 5.74) is 3.43. The van der Waals surface area contributed by atoms with Crippen LogP contribution in [0.2, 0.25) is 0 Å². The van der Waals surface area contributed by atoms with Crippen LogP contribution in [0.25, 0.3) is 10.1 Å². The Bertz CT molecular complexity index is 3090. The number of benzene rings is 5. The lowest BCUT2D eigenvalue weighted by molar-refractivity contribution is -0.153. The van der Waals surface area contributed by atoms with Crippen molar-refractivity contribution in [2.45, 2.75) is 27.8 Å². The molecule has 0 saturated carbocycles. The molecule has 69 heavy (non-hydrogen) atoms. The van der Waals surface area contributed by atoms with Gasteiger partial charge in [-0.05, 0) is 46.0 Å². The summed E-state index contributed by atoms with van der Waals surface area (Å²) in [5, 5.41) is 12.8. The molecule has 1 fully saturated rings. The standard InChI is InChI=1S/C51H41N5O9S4/c1-61-35-20-18-30(19-21-35)25-63-49(60)45-31(26-66-42-23-38(57)36-22-39-40(65-29-64-39)24-41(36)69-42)27-67-48-44(47(59)56(45)48)53-46(58)43(55-62-2)37-28-68-50(52-37)54-51(32-12-6-3-7-13-32,33-14-8-4-9-15-33)34-16-10-5-11-17-34/h3-24,28,44,48H,25-27,29H2,1-2H3,(H,52,54)(H,53,58)/b55-43-/t44?,48-/m1/s1. The van der Waals surface area contributed by atoms with E-state index >= 15 is 0 Å². The number of thiazole rings is 1. The highest BCUT2D eigenvalue weighted by Gasteiger charge is 2.55. The van der Waals surface area contributed by atoms with E-state index in [4.69, 9.17) is 28.8 Å². The molecule has 1 unspecified atom stereocenters. The van der Waals surface area contributed by atoms with Crippen LogP contribution in [0.15, 0.2) is 164 Å². The van der Waals surface area contributed by atoms with Gasteiger partial charge in [0.05, 0.1) is 11.3 Å². The number of nitrogens with zero attached hydrogens (tertiary/aromatic N) is 3. The van der Waals surface area contributed by atoms with Gasteiger partial charge in [-0.25, -0.2) is 9.78 Å². The number of ether oxygens (including phenoxy) is 4. The van der Waals surface area contributed by atoms with Gasteiger partial charge in [0.25, 0.3) is 11.8 Å². The quantitative estimate of drug-likeness (QED) is 0.0237. The Morgan fingerprint density at radius 1 is 0.870 bits per heavy atom. The Balaban J connectivity index is 0.898. The molecule has 0 aliphatic carbocycles. The highest BCUT2D eigenvalue weighted by atomic mass is 32.2. The molecule has 3 aliphatic rings. The number of carbonyl (C=O) groups is 3. The molecule has 2 amide bonds. The number of thioether (sulfide) groups is 2. The van der Waals surface area contributed by atoms with Gasteiger partial charge in [0.1, 0.15) is 47.8 Å². The molecule has 2 aromatic heterocycles. The number of anilines is 1. The smallest absolute Gasteiger partial charge is 0.355 e. The molecular formula is C51H41N5O9S4. The first-order valence-electron chi connectivity index (χ1n) is 21.5. The molecule has 5 aromatic carbocycles. The second-order valence-corrected chi connectivity index (χ2v) is 20.1. The van der Waals surface area contributed by atoms with E-state index in [0.29, 0.717) is 43.3 Å². The van der Waals surface area contributed by atoms with Crippen molar-refractivity contribution >= 4 is 84.9 Å². The van der Waals surface area contributed by atoms with Crippen LogP contribution in [0.4, 0.5) is 5.13 Å². The van der Waals surface area contributed by atoms with E-state index in [1.54, 1.807) is 55.0 Å². The van der Waals surface area contributed by atoms with Crippen molar-refractivity contribution in [2.75, 3.05) is 37.8 Å². The first-order chi connectivity index (χ1) is 33.7. The molecule has 7 aromatic rings. The average molecular weight is 996 g/mol. The van der Waals surface area contributed by atoms with Gasteiger partial charge in [-0.1, -0.05) is 108 Å². The zero-order chi connectivity index (χ0) is 47.5. The Morgan fingerprint density at radius 3 is 2.16 bits per heavy atom. The lowest BCUT2D eigenvalue weighted by Crippen LogP contribution is -2.71. The fourth-order valence-corrected chi connectivity index (χ4v) is 12.8. The molecule has 14 nitrogen and oxygen atoms in total. The Morgan fingerprint density at radius 2 is 1.52 bits per heavy atom. The lowest BCUT2D eigenvalue weighted by atomic mass is 9.77. The third-order valence-corrected chi connectivity index (χ3v) is 16.2. The van der Waals surface area contributed by atoms with Gasteiger partial charge >= 0.3 is 5.97 Å². The van der Waals surface area contributed by atoms with Crippen LogP contribution < -0.4 is 30.3 Å². The molecule has 0 spiro atoms. The maximum absolute atomic E-state index is 14.3. The van der Waals surface area contributed by atoms with Crippen molar-refractivity contribution in [1.29, 1.82) is 0 Å². The Kier molecular flexibility index (Phi) is 13.1. The fourth-order valence-electron chi connectivity index (χ4n) is 8.36. The number of aromatic nitrogens is 1. The van der Waals surface area contributed by atoms with Crippen molar-refractivity contribution in [3.8, 4) is 17.2 Å². The van der Waals surface area contributed by atoms with Gasteiger partial charge in [0.15, 0.2) is 27.8 Å². The number of hydrogen-bond acceptors (Lipinski definition) is 16. The SMILES string of the molecule is CO/N=C(\C(=O)NC1C(=O)N2C(C(=O)OCc3ccc(OC)cc3)=C(CSc3cc(=O)c4cc5c(cc4s3)OCO5)CS[C@H]12)c1csc(NC(c2ccccc2)(c2ccccc2)c2ccccc2)n1. The van der Waals surface area contributed by atoms with Crippen LogP contribution in [0.3, 0.4) is 0 Å². The first kappa shape index (κ1) is 45.7. The van der Waals surface area contributed by atoms with Crippen LogP contribution >= 0.6 is 46.2 Å². The molecule has 5 heterocycles. The van der Waals surface area contributed by atoms with Gasteiger partial charge in [-0.15, -0.1) is 46.2 Å². The number of rotatable bonds is 16. The summed E-state index contributed by atoms with van der Waals surface area (Å²) >= 11 is 5.50. The van der Waals surface area contributed by atoms with Crippen LogP contribution in [0.5, 0.6) is 17.2 Å². The number of nitrogens with one attached hydrogen (secondary N) is 2. The first-order valence-corrected chi connectivity index (χ1v) is 25.3. The number of hydrogen-bond donors (Lipinski definition) is 2. The van der Waals surface area contributed by atoms with E-state index in [-0.39, 0.29) is 41.7 Å². The number of fused-ring (bicyclic) bond motifs is 3. The van der Waals surface area contributed by atoms with Gasteiger partial charge in [-0.3, -0.25) is 19.3 Å². The van der Waals surface area contributed by atoms with Gasteiger partial charge in [0.2, 0.25) is 6.79 Å².